The van der Waals surface area contributed by atoms with Gasteiger partial charge >= 0.3 is 0 Å². The van der Waals surface area contributed by atoms with Crippen molar-refractivity contribution in [2.24, 2.45) is 0 Å². The Balaban J connectivity index is 2.49. The number of benzene rings is 1. The maximum atomic E-state index is 2.37. The minimum atomic E-state index is -1.01. The second kappa shape index (κ2) is 4.68. The number of rotatable bonds is 3. The van der Waals surface area contributed by atoms with E-state index in [0.717, 1.165) is 0 Å². The van der Waals surface area contributed by atoms with Crippen LogP contribution in [0.5, 0.6) is 0 Å². The Kier molecular flexibility index (Phi) is 3.82. The average Bonchev–Trinajstić information content (AvgIpc) is 2.04. The van der Waals surface area contributed by atoms with Crippen molar-refractivity contribution in [1.29, 1.82) is 0 Å². The van der Waals surface area contributed by atoms with Gasteiger partial charge in [-0.25, -0.2) is 0 Å². The van der Waals surface area contributed by atoms with Crippen molar-refractivity contribution in [3.63, 3.8) is 0 Å². The van der Waals surface area contributed by atoms with Gasteiger partial charge in [-0.3, -0.25) is 0 Å². The van der Waals surface area contributed by atoms with Crippen LogP contribution >= 0.6 is 11.8 Å². The molecule has 0 aliphatic heterocycles. The molecule has 0 bridgehead atoms. The molecule has 2 heteroatoms. The van der Waals surface area contributed by atoms with E-state index >= 15 is 0 Å². The minimum Gasteiger partial charge on any atom is -0.0988 e. The topological polar surface area (TPSA) is 0 Å². The molecule has 0 unspecified atom stereocenters. The highest BCUT2D eigenvalue weighted by atomic mass is 32.2. The second-order valence-corrected chi connectivity index (χ2v) is 10.1. The standard InChI is InChI=1S/C11H16SSi/c1-13(2,3)10-9-12-11-7-5-4-6-8-11/h4-10H,1-3H3/b10-9-. The van der Waals surface area contributed by atoms with Crippen molar-refractivity contribution in [3.8, 4) is 0 Å². The zero-order valence-electron chi connectivity index (χ0n) is 8.45. The quantitative estimate of drug-likeness (QED) is 0.531. The molecule has 0 aliphatic rings. The molecule has 13 heavy (non-hydrogen) atoms. The van der Waals surface area contributed by atoms with Gasteiger partial charge in [0, 0.05) is 4.90 Å². The molecule has 1 aromatic carbocycles. The van der Waals surface area contributed by atoms with Crippen molar-refractivity contribution in [3.05, 3.63) is 41.4 Å². The lowest BCUT2D eigenvalue weighted by atomic mass is 10.4. The van der Waals surface area contributed by atoms with Crippen LogP contribution in [0.2, 0.25) is 19.6 Å². The van der Waals surface area contributed by atoms with Gasteiger partial charge < -0.3 is 0 Å². The molecule has 0 saturated carbocycles. The molecule has 0 heterocycles. The summed E-state index contributed by atoms with van der Waals surface area (Å²) in [6.45, 7) is 7.03. The largest absolute Gasteiger partial charge is 0.0988 e. The fraction of sp³-hybridized carbons (Fsp3) is 0.273. The van der Waals surface area contributed by atoms with E-state index in [9.17, 15) is 0 Å². The monoisotopic (exact) mass is 208 g/mol. The fourth-order valence-corrected chi connectivity index (χ4v) is 3.19. The predicted octanol–water partition coefficient (Wildman–Crippen LogP) is 4.17. The summed E-state index contributed by atoms with van der Waals surface area (Å²) >= 11 is 1.80. The smallest absolute Gasteiger partial charge is 0.0693 e. The molecule has 0 atom stereocenters. The zero-order chi connectivity index (χ0) is 9.73. The summed E-state index contributed by atoms with van der Waals surface area (Å²) < 4.78 is 0. The van der Waals surface area contributed by atoms with E-state index < -0.39 is 8.07 Å². The van der Waals surface area contributed by atoms with Crippen LogP contribution in [-0.4, -0.2) is 8.07 Å². The summed E-state index contributed by atoms with van der Waals surface area (Å²) in [5.41, 5.74) is 2.37. The molecule has 0 radical (unpaired) electrons. The summed E-state index contributed by atoms with van der Waals surface area (Å²) in [6.07, 6.45) is 0. The molecule has 70 valence electrons. The Morgan fingerprint density at radius 2 is 1.69 bits per heavy atom. The predicted molar refractivity (Wildman–Crippen MR) is 64.8 cm³/mol. The molecule has 1 aromatic rings. The number of hydrogen-bond donors (Lipinski definition) is 0. The van der Waals surface area contributed by atoms with Gasteiger partial charge in [0.2, 0.25) is 0 Å². The minimum absolute atomic E-state index is 1.01. The van der Waals surface area contributed by atoms with E-state index in [1.807, 2.05) is 6.07 Å². The highest BCUT2D eigenvalue weighted by Crippen LogP contribution is 2.19. The molecule has 0 fully saturated rings. The first-order valence-electron chi connectivity index (χ1n) is 4.47. The van der Waals surface area contributed by atoms with E-state index in [0.29, 0.717) is 0 Å². The summed E-state index contributed by atoms with van der Waals surface area (Å²) in [5.74, 6) is 0. The van der Waals surface area contributed by atoms with Gasteiger partial charge in [0.1, 0.15) is 0 Å². The normalized spacial score (nSPS) is 12.2. The molecular formula is C11H16SSi. The molecule has 0 spiro atoms. The fourth-order valence-electron chi connectivity index (χ4n) is 0.816. The van der Waals surface area contributed by atoms with Gasteiger partial charge in [0.25, 0.3) is 0 Å². The van der Waals surface area contributed by atoms with Crippen LogP contribution < -0.4 is 0 Å². The third kappa shape index (κ3) is 4.96. The van der Waals surface area contributed by atoms with Gasteiger partial charge in [-0.2, -0.15) is 0 Å². The Morgan fingerprint density at radius 3 is 2.23 bits per heavy atom. The Hall–Kier alpha value is -0.473. The van der Waals surface area contributed by atoms with E-state index in [4.69, 9.17) is 0 Å². The summed E-state index contributed by atoms with van der Waals surface area (Å²) in [7, 11) is -1.01. The Morgan fingerprint density at radius 1 is 1.08 bits per heavy atom. The lowest BCUT2D eigenvalue weighted by Gasteiger charge is -2.07. The van der Waals surface area contributed by atoms with Crippen LogP contribution in [0.4, 0.5) is 0 Å². The van der Waals surface area contributed by atoms with Crippen LogP contribution in [0.1, 0.15) is 0 Å². The first kappa shape index (κ1) is 10.6. The SMILES string of the molecule is C[Si](C)(C)/C=C\Sc1ccccc1. The van der Waals surface area contributed by atoms with Gasteiger partial charge in [0.05, 0.1) is 8.07 Å². The lowest BCUT2D eigenvalue weighted by molar-refractivity contribution is 1.47. The maximum absolute atomic E-state index is 2.37. The van der Waals surface area contributed by atoms with Crippen molar-refractivity contribution < 1.29 is 0 Å². The first-order valence-corrected chi connectivity index (χ1v) is 8.93. The zero-order valence-corrected chi connectivity index (χ0v) is 10.3. The average molecular weight is 208 g/mol. The van der Waals surface area contributed by atoms with Crippen LogP contribution in [0.25, 0.3) is 0 Å². The molecule has 0 amide bonds. The van der Waals surface area contributed by atoms with Gasteiger partial charge in [-0.1, -0.05) is 55.3 Å². The van der Waals surface area contributed by atoms with Gasteiger partial charge in [0.15, 0.2) is 0 Å². The molecule has 0 aromatic heterocycles. The third-order valence-corrected chi connectivity index (χ3v) is 3.74. The second-order valence-electron chi connectivity index (χ2n) is 4.10. The van der Waals surface area contributed by atoms with Crippen molar-refractivity contribution >= 4 is 19.8 Å². The molecule has 0 nitrogen and oxygen atoms in total. The van der Waals surface area contributed by atoms with Crippen LogP contribution in [-0.2, 0) is 0 Å². The Labute approximate surface area is 86.1 Å². The molecule has 0 aliphatic carbocycles. The maximum Gasteiger partial charge on any atom is 0.0693 e. The van der Waals surface area contributed by atoms with Crippen molar-refractivity contribution in [2.75, 3.05) is 0 Å². The summed E-state index contributed by atoms with van der Waals surface area (Å²) in [5, 5.41) is 2.22. The number of hydrogen-bond acceptors (Lipinski definition) is 1. The third-order valence-electron chi connectivity index (χ3n) is 1.52. The van der Waals surface area contributed by atoms with Crippen LogP contribution in [0.15, 0.2) is 46.3 Å². The van der Waals surface area contributed by atoms with E-state index in [-0.39, 0.29) is 0 Å². The Bertz CT molecular complexity index is 272. The highest BCUT2D eigenvalue weighted by Gasteiger charge is 2.06. The van der Waals surface area contributed by atoms with Crippen LogP contribution in [0, 0.1) is 0 Å². The molecule has 0 saturated heterocycles. The van der Waals surface area contributed by atoms with E-state index in [1.165, 1.54) is 4.90 Å². The summed E-state index contributed by atoms with van der Waals surface area (Å²) in [6, 6.07) is 10.5. The number of thioether (sulfide) groups is 1. The first-order chi connectivity index (χ1) is 6.08. The summed E-state index contributed by atoms with van der Waals surface area (Å²) in [4.78, 5) is 1.32. The molecular weight excluding hydrogens is 192 g/mol. The van der Waals surface area contributed by atoms with E-state index in [2.05, 4.69) is 55.0 Å². The molecule has 0 N–H and O–H groups in total. The van der Waals surface area contributed by atoms with Crippen molar-refractivity contribution in [2.45, 2.75) is 24.5 Å². The lowest BCUT2D eigenvalue weighted by Crippen LogP contribution is -2.14. The van der Waals surface area contributed by atoms with Gasteiger partial charge in [-0.05, 0) is 17.5 Å². The van der Waals surface area contributed by atoms with Gasteiger partial charge in [-0.15, -0.1) is 0 Å². The highest BCUT2D eigenvalue weighted by molar-refractivity contribution is 8.02. The van der Waals surface area contributed by atoms with Crippen molar-refractivity contribution in [1.82, 2.24) is 0 Å². The molecule has 1 rings (SSSR count). The van der Waals surface area contributed by atoms with Crippen LogP contribution in [0.3, 0.4) is 0 Å². The van der Waals surface area contributed by atoms with E-state index in [1.54, 1.807) is 11.8 Å².